The van der Waals surface area contributed by atoms with Crippen LogP contribution in [-0.2, 0) is 22.5 Å². The van der Waals surface area contributed by atoms with Gasteiger partial charge in [-0.05, 0) is 51.3 Å². The van der Waals surface area contributed by atoms with Crippen molar-refractivity contribution in [1.29, 1.82) is 0 Å². The van der Waals surface area contributed by atoms with Crippen molar-refractivity contribution in [3.8, 4) is 11.1 Å². The summed E-state index contributed by atoms with van der Waals surface area (Å²) in [6.45, 7) is 9.14. The van der Waals surface area contributed by atoms with Crippen LogP contribution in [0, 0.1) is 6.92 Å². The quantitative estimate of drug-likeness (QED) is 0.409. The molecule has 0 spiro atoms. The predicted octanol–water partition coefficient (Wildman–Crippen LogP) is 4.74. The van der Waals surface area contributed by atoms with Crippen LogP contribution in [0.25, 0.3) is 28.2 Å². The van der Waals surface area contributed by atoms with Gasteiger partial charge < -0.3 is 4.74 Å². The Hall–Kier alpha value is -3.02. The van der Waals surface area contributed by atoms with Gasteiger partial charge in [-0.2, -0.15) is 5.10 Å². The summed E-state index contributed by atoms with van der Waals surface area (Å²) in [6.07, 6.45) is 11.8. The normalized spacial score (nSPS) is 11.4. The number of fused-ring (bicyclic) bond motifs is 1. The molecule has 3 aromatic heterocycles. The Labute approximate surface area is 171 Å². The van der Waals surface area contributed by atoms with Crippen molar-refractivity contribution in [3.63, 3.8) is 0 Å². The number of esters is 1. The highest BCUT2D eigenvalue weighted by Crippen LogP contribution is 2.34. The molecule has 29 heavy (non-hydrogen) atoms. The number of carbonyl (C=O) groups is 1. The Morgan fingerprint density at radius 1 is 1.21 bits per heavy atom. The first-order chi connectivity index (χ1) is 14.1. The van der Waals surface area contributed by atoms with E-state index in [2.05, 4.69) is 30.0 Å². The highest BCUT2D eigenvalue weighted by Gasteiger charge is 2.18. The standard InChI is InChI=1S/C23H28N4O2/c1-5-8-9-20-18(10-11-21(28)29-7-3)22(17-12-16(4)13-24-14-17)19-15-25-27(6-2)23(19)26-20/h10-15H,5-9H2,1-4H3. The third-order valence-corrected chi connectivity index (χ3v) is 4.81. The second kappa shape index (κ2) is 9.45. The van der Waals surface area contributed by atoms with E-state index in [1.165, 1.54) is 6.08 Å². The lowest BCUT2D eigenvalue weighted by atomic mass is 9.94. The fraction of sp³-hybridized carbons (Fsp3) is 0.391. The summed E-state index contributed by atoms with van der Waals surface area (Å²) >= 11 is 0. The number of aromatic nitrogens is 4. The summed E-state index contributed by atoms with van der Waals surface area (Å²) in [4.78, 5) is 21.3. The maximum Gasteiger partial charge on any atom is 0.330 e. The second-order valence-electron chi connectivity index (χ2n) is 6.98. The SMILES string of the molecule is CCCCc1nc2c(cnn2CC)c(-c2cncc(C)c2)c1C=CC(=O)OCC. The lowest BCUT2D eigenvalue weighted by molar-refractivity contribution is -0.137. The first-order valence-corrected chi connectivity index (χ1v) is 10.2. The maximum absolute atomic E-state index is 12.0. The number of pyridine rings is 2. The van der Waals surface area contributed by atoms with Crippen molar-refractivity contribution in [3.05, 3.63) is 47.6 Å². The number of nitrogens with zero attached hydrogens (tertiary/aromatic N) is 4. The number of rotatable bonds is 8. The third-order valence-electron chi connectivity index (χ3n) is 4.81. The van der Waals surface area contributed by atoms with Gasteiger partial charge in [0.15, 0.2) is 5.65 Å². The van der Waals surface area contributed by atoms with Gasteiger partial charge in [0.1, 0.15) is 0 Å². The van der Waals surface area contributed by atoms with Crippen LogP contribution in [0.5, 0.6) is 0 Å². The van der Waals surface area contributed by atoms with Gasteiger partial charge >= 0.3 is 5.97 Å². The van der Waals surface area contributed by atoms with E-state index < -0.39 is 0 Å². The minimum Gasteiger partial charge on any atom is -0.463 e. The van der Waals surface area contributed by atoms with Crippen molar-refractivity contribution in [1.82, 2.24) is 19.7 Å². The van der Waals surface area contributed by atoms with Crippen molar-refractivity contribution in [2.24, 2.45) is 0 Å². The molecule has 0 saturated heterocycles. The molecular formula is C23H28N4O2. The zero-order valence-electron chi connectivity index (χ0n) is 17.6. The molecule has 0 unspecified atom stereocenters. The Morgan fingerprint density at radius 2 is 2.03 bits per heavy atom. The highest BCUT2D eigenvalue weighted by molar-refractivity contribution is 5.99. The van der Waals surface area contributed by atoms with E-state index in [1.54, 1.807) is 6.92 Å². The molecule has 6 heteroatoms. The summed E-state index contributed by atoms with van der Waals surface area (Å²) in [6, 6.07) is 2.11. The topological polar surface area (TPSA) is 69.9 Å². The molecule has 0 aliphatic heterocycles. The van der Waals surface area contributed by atoms with Crippen LogP contribution in [0.4, 0.5) is 0 Å². The van der Waals surface area contributed by atoms with Crippen LogP contribution < -0.4 is 0 Å². The van der Waals surface area contributed by atoms with Crippen LogP contribution in [0.2, 0.25) is 0 Å². The van der Waals surface area contributed by atoms with E-state index in [4.69, 9.17) is 9.72 Å². The highest BCUT2D eigenvalue weighted by atomic mass is 16.5. The Bertz CT molecular complexity index is 1040. The van der Waals surface area contributed by atoms with E-state index in [-0.39, 0.29) is 5.97 Å². The summed E-state index contributed by atoms with van der Waals surface area (Å²) < 4.78 is 7.00. The Balaban J connectivity index is 2.30. The van der Waals surface area contributed by atoms with Gasteiger partial charge in [-0.15, -0.1) is 0 Å². The van der Waals surface area contributed by atoms with Gasteiger partial charge in [0, 0.05) is 47.1 Å². The first kappa shape index (κ1) is 20.7. The van der Waals surface area contributed by atoms with Gasteiger partial charge in [-0.25, -0.2) is 14.5 Å². The predicted molar refractivity (Wildman–Crippen MR) is 115 cm³/mol. The zero-order valence-corrected chi connectivity index (χ0v) is 17.6. The second-order valence-corrected chi connectivity index (χ2v) is 6.98. The molecule has 3 aromatic rings. The lowest BCUT2D eigenvalue weighted by Gasteiger charge is -2.14. The lowest BCUT2D eigenvalue weighted by Crippen LogP contribution is -2.04. The molecule has 0 radical (unpaired) electrons. The molecule has 6 nitrogen and oxygen atoms in total. The average Bonchev–Trinajstić information content (AvgIpc) is 3.12. The summed E-state index contributed by atoms with van der Waals surface area (Å²) in [5.74, 6) is -0.355. The zero-order chi connectivity index (χ0) is 20.8. The van der Waals surface area contributed by atoms with Gasteiger partial charge in [0.05, 0.1) is 18.5 Å². The Kier molecular flexibility index (Phi) is 6.75. The van der Waals surface area contributed by atoms with Crippen LogP contribution in [0.15, 0.2) is 30.7 Å². The molecule has 0 aliphatic carbocycles. The van der Waals surface area contributed by atoms with Crippen LogP contribution in [0.3, 0.4) is 0 Å². The molecule has 0 bridgehead atoms. The molecule has 152 valence electrons. The molecule has 0 saturated carbocycles. The molecule has 0 amide bonds. The molecule has 3 heterocycles. The van der Waals surface area contributed by atoms with E-state index in [0.717, 1.165) is 64.8 Å². The number of hydrogen-bond donors (Lipinski definition) is 0. The molecule has 0 aromatic carbocycles. The number of aryl methyl sites for hydroxylation is 3. The molecule has 3 rings (SSSR count). The molecule has 0 atom stereocenters. The molecular weight excluding hydrogens is 364 g/mol. The largest absolute Gasteiger partial charge is 0.463 e. The number of hydrogen-bond acceptors (Lipinski definition) is 5. The number of ether oxygens (including phenoxy) is 1. The van der Waals surface area contributed by atoms with Gasteiger partial charge in [0.25, 0.3) is 0 Å². The van der Waals surface area contributed by atoms with Crippen molar-refractivity contribution in [2.75, 3.05) is 6.61 Å². The van der Waals surface area contributed by atoms with Crippen molar-refractivity contribution in [2.45, 2.75) is 53.5 Å². The smallest absolute Gasteiger partial charge is 0.330 e. The van der Waals surface area contributed by atoms with E-state index in [1.807, 2.05) is 36.3 Å². The van der Waals surface area contributed by atoms with Crippen LogP contribution >= 0.6 is 0 Å². The van der Waals surface area contributed by atoms with Gasteiger partial charge in [-0.1, -0.05) is 13.3 Å². The minimum atomic E-state index is -0.355. The third kappa shape index (κ3) is 4.53. The summed E-state index contributed by atoms with van der Waals surface area (Å²) in [7, 11) is 0. The van der Waals surface area contributed by atoms with E-state index in [9.17, 15) is 4.79 Å². The molecule has 0 N–H and O–H groups in total. The fourth-order valence-electron chi connectivity index (χ4n) is 3.44. The van der Waals surface area contributed by atoms with Crippen LogP contribution in [0.1, 0.15) is 50.4 Å². The summed E-state index contributed by atoms with van der Waals surface area (Å²) in [5.41, 5.74) is 5.84. The summed E-state index contributed by atoms with van der Waals surface area (Å²) in [5, 5.41) is 5.49. The Morgan fingerprint density at radius 3 is 2.72 bits per heavy atom. The van der Waals surface area contributed by atoms with Crippen LogP contribution in [-0.4, -0.2) is 32.3 Å². The number of carbonyl (C=O) groups excluding carboxylic acids is 1. The maximum atomic E-state index is 12.0. The van der Waals surface area contributed by atoms with Crippen molar-refractivity contribution < 1.29 is 9.53 Å². The fourth-order valence-corrected chi connectivity index (χ4v) is 3.44. The molecule has 0 aliphatic rings. The monoisotopic (exact) mass is 392 g/mol. The van der Waals surface area contributed by atoms with Gasteiger partial charge in [-0.3, -0.25) is 4.98 Å². The van der Waals surface area contributed by atoms with E-state index in [0.29, 0.717) is 6.61 Å². The number of unbranched alkanes of at least 4 members (excludes halogenated alkanes) is 1. The van der Waals surface area contributed by atoms with Gasteiger partial charge in [0.2, 0.25) is 0 Å². The van der Waals surface area contributed by atoms with Crippen molar-refractivity contribution >= 4 is 23.1 Å². The van der Waals surface area contributed by atoms with E-state index >= 15 is 0 Å². The first-order valence-electron chi connectivity index (χ1n) is 10.2. The molecule has 0 fully saturated rings. The minimum absolute atomic E-state index is 0.348. The average molecular weight is 393 g/mol.